The predicted molar refractivity (Wildman–Crippen MR) is 169 cm³/mol. The standard InChI is InChI=1S/C38H38N/c1-7-28-29(8-2)33-24-36-32-22-21-27(26-17-13-12-14-18-26)23-35(32)37(6,9-3)38(10-4,11-5)39(36)25-34(33)31-20-16-15-19-30(28)31/h7-8,12-25H,1-2,9-11H2,3-6H3/q+1. The Balaban J connectivity index is 1.79. The van der Waals surface area contributed by atoms with Crippen molar-refractivity contribution in [3.8, 4) is 22.4 Å². The van der Waals surface area contributed by atoms with E-state index in [1.807, 2.05) is 12.2 Å². The highest BCUT2D eigenvalue weighted by molar-refractivity contribution is 6.14. The molecule has 0 saturated carbocycles. The molecule has 1 aromatic heterocycles. The van der Waals surface area contributed by atoms with Crippen LogP contribution in [0.1, 0.15) is 63.6 Å². The van der Waals surface area contributed by atoms with Crippen LogP contribution in [0.5, 0.6) is 0 Å². The van der Waals surface area contributed by atoms with Crippen LogP contribution in [-0.2, 0) is 11.0 Å². The molecule has 1 atom stereocenters. The molecule has 1 unspecified atom stereocenters. The van der Waals surface area contributed by atoms with E-state index in [9.17, 15) is 0 Å². The third kappa shape index (κ3) is 3.35. The number of fused-ring (bicyclic) bond motifs is 6. The Hall–Kier alpha value is -3.97. The number of hydrogen-bond donors (Lipinski definition) is 0. The minimum atomic E-state index is -0.0554. The van der Waals surface area contributed by atoms with Crippen molar-refractivity contribution >= 4 is 33.7 Å². The van der Waals surface area contributed by atoms with Crippen LogP contribution in [0.15, 0.2) is 98.2 Å². The van der Waals surface area contributed by atoms with Crippen LogP contribution < -0.4 is 4.57 Å². The molecule has 1 heteroatoms. The van der Waals surface area contributed by atoms with Crippen LogP contribution >= 0.6 is 0 Å². The molecule has 194 valence electrons. The summed E-state index contributed by atoms with van der Waals surface area (Å²) in [5, 5.41) is 5.02. The molecule has 1 aliphatic rings. The molecule has 0 N–H and O–H groups in total. The van der Waals surface area contributed by atoms with Gasteiger partial charge >= 0.3 is 0 Å². The molecule has 1 aliphatic heterocycles. The summed E-state index contributed by atoms with van der Waals surface area (Å²) in [6, 6.07) is 29.1. The summed E-state index contributed by atoms with van der Waals surface area (Å²) in [5.41, 5.74) is 8.87. The van der Waals surface area contributed by atoms with Crippen molar-refractivity contribution in [2.24, 2.45) is 0 Å². The molecule has 0 aliphatic carbocycles. The summed E-state index contributed by atoms with van der Waals surface area (Å²) in [4.78, 5) is 0. The predicted octanol–water partition coefficient (Wildman–Crippen LogP) is 10.1. The monoisotopic (exact) mass is 508 g/mol. The molecule has 0 saturated heterocycles. The average Bonchev–Trinajstić information content (AvgIpc) is 3.00. The van der Waals surface area contributed by atoms with Crippen LogP contribution in [0, 0.1) is 0 Å². The van der Waals surface area contributed by atoms with Gasteiger partial charge in [0.25, 0.3) is 0 Å². The zero-order chi connectivity index (χ0) is 27.4. The van der Waals surface area contributed by atoms with Gasteiger partial charge in [-0.3, -0.25) is 0 Å². The summed E-state index contributed by atoms with van der Waals surface area (Å²) < 4.78 is 2.65. The summed E-state index contributed by atoms with van der Waals surface area (Å²) in [5.74, 6) is 0. The topological polar surface area (TPSA) is 3.88 Å². The van der Waals surface area contributed by atoms with Crippen LogP contribution in [0.25, 0.3) is 56.1 Å². The molecule has 0 spiro atoms. The quantitative estimate of drug-likeness (QED) is 0.159. The number of benzene rings is 4. The highest BCUT2D eigenvalue weighted by atomic mass is 15.1. The van der Waals surface area contributed by atoms with E-state index in [0.717, 1.165) is 30.4 Å². The van der Waals surface area contributed by atoms with Crippen LogP contribution in [0.4, 0.5) is 0 Å². The van der Waals surface area contributed by atoms with Crippen molar-refractivity contribution in [2.75, 3.05) is 0 Å². The van der Waals surface area contributed by atoms with Crippen molar-refractivity contribution in [3.05, 3.63) is 115 Å². The number of nitrogens with zero attached hydrogens (tertiary/aromatic N) is 1. The van der Waals surface area contributed by atoms with Gasteiger partial charge in [-0.05, 0) is 64.1 Å². The fourth-order valence-electron chi connectivity index (χ4n) is 7.68. The summed E-state index contributed by atoms with van der Waals surface area (Å²) in [7, 11) is 0. The van der Waals surface area contributed by atoms with Crippen LogP contribution in [0.3, 0.4) is 0 Å². The second-order valence-corrected chi connectivity index (χ2v) is 11.2. The van der Waals surface area contributed by atoms with Gasteiger partial charge < -0.3 is 0 Å². The number of hydrogen-bond acceptors (Lipinski definition) is 0. The molecule has 2 heterocycles. The van der Waals surface area contributed by atoms with Gasteiger partial charge in [-0.25, -0.2) is 0 Å². The minimum absolute atomic E-state index is 0.0277. The van der Waals surface area contributed by atoms with Crippen LogP contribution in [0.2, 0.25) is 0 Å². The third-order valence-corrected chi connectivity index (χ3v) is 9.95. The van der Waals surface area contributed by atoms with Gasteiger partial charge in [0.05, 0.1) is 16.4 Å². The first kappa shape index (κ1) is 25.3. The Morgan fingerprint density at radius 2 is 1.31 bits per heavy atom. The van der Waals surface area contributed by atoms with E-state index in [4.69, 9.17) is 0 Å². The lowest BCUT2D eigenvalue weighted by atomic mass is 9.58. The SMILES string of the molecule is C=Cc1c(C=C)c2cc3[n+](cc2c2ccccc12)C(CC)(CC)C(C)(CC)c1cc(-c2ccccc2)ccc1-3. The molecule has 0 amide bonds. The lowest BCUT2D eigenvalue weighted by Crippen LogP contribution is -2.68. The molecule has 4 aromatic carbocycles. The first-order valence-corrected chi connectivity index (χ1v) is 14.4. The second-order valence-electron chi connectivity index (χ2n) is 11.2. The Bertz CT molecular complexity index is 1750. The number of pyridine rings is 1. The zero-order valence-electron chi connectivity index (χ0n) is 23.7. The second kappa shape index (κ2) is 9.35. The van der Waals surface area contributed by atoms with Gasteiger partial charge in [-0.2, -0.15) is 4.57 Å². The van der Waals surface area contributed by atoms with E-state index in [1.54, 1.807) is 0 Å². The van der Waals surface area contributed by atoms with E-state index in [-0.39, 0.29) is 11.0 Å². The molecular weight excluding hydrogens is 470 g/mol. The normalized spacial score (nSPS) is 17.5. The molecule has 5 aromatic rings. The minimum Gasteiger partial charge on any atom is -0.191 e. The van der Waals surface area contributed by atoms with Crippen LogP contribution in [-0.4, -0.2) is 0 Å². The maximum absolute atomic E-state index is 4.24. The largest absolute Gasteiger partial charge is 0.213 e. The molecule has 39 heavy (non-hydrogen) atoms. The lowest BCUT2D eigenvalue weighted by Gasteiger charge is -2.48. The van der Waals surface area contributed by atoms with Crippen molar-refractivity contribution in [2.45, 2.75) is 57.9 Å². The Morgan fingerprint density at radius 1 is 0.667 bits per heavy atom. The molecule has 0 fully saturated rings. The number of rotatable bonds is 6. The zero-order valence-corrected chi connectivity index (χ0v) is 23.7. The highest BCUT2D eigenvalue weighted by Gasteiger charge is 2.58. The van der Waals surface area contributed by atoms with E-state index in [0.29, 0.717) is 0 Å². The van der Waals surface area contributed by atoms with Gasteiger partial charge in [0.15, 0.2) is 11.7 Å². The summed E-state index contributed by atoms with van der Waals surface area (Å²) in [6.07, 6.45) is 9.64. The van der Waals surface area contributed by atoms with Gasteiger partial charge in [0.2, 0.25) is 5.69 Å². The van der Waals surface area contributed by atoms with Crippen molar-refractivity contribution < 1.29 is 4.57 Å². The first-order chi connectivity index (χ1) is 19.0. The Morgan fingerprint density at radius 3 is 1.95 bits per heavy atom. The van der Waals surface area contributed by atoms with Gasteiger partial charge in [0, 0.05) is 24.3 Å². The average molecular weight is 509 g/mol. The van der Waals surface area contributed by atoms with Crippen molar-refractivity contribution in [3.63, 3.8) is 0 Å². The van der Waals surface area contributed by atoms with E-state index in [2.05, 4.69) is 130 Å². The lowest BCUT2D eigenvalue weighted by molar-refractivity contribution is -0.768. The Kier molecular flexibility index (Phi) is 6.07. The molecule has 6 rings (SSSR count). The molecule has 0 radical (unpaired) electrons. The summed E-state index contributed by atoms with van der Waals surface area (Å²) >= 11 is 0. The van der Waals surface area contributed by atoms with Gasteiger partial charge in [0.1, 0.15) is 0 Å². The molecular formula is C38H38N+. The van der Waals surface area contributed by atoms with E-state index >= 15 is 0 Å². The molecule has 1 nitrogen and oxygen atoms in total. The number of aromatic nitrogens is 1. The Labute approximate surface area is 233 Å². The van der Waals surface area contributed by atoms with E-state index in [1.165, 1.54) is 49.5 Å². The maximum Gasteiger partial charge on any atom is 0.213 e. The third-order valence-electron chi connectivity index (χ3n) is 9.95. The van der Waals surface area contributed by atoms with Gasteiger partial charge in [-0.1, -0.05) is 107 Å². The first-order valence-electron chi connectivity index (χ1n) is 14.4. The van der Waals surface area contributed by atoms with Gasteiger partial charge in [-0.15, -0.1) is 0 Å². The van der Waals surface area contributed by atoms with Crippen molar-refractivity contribution in [1.82, 2.24) is 0 Å². The highest BCUT2D eigenvalue weighted by Crippen LogP contribution is 2.52. The maximum atomic E-state index is 4.24. The summed E-state index contributed by atoms with van der Waals surface area (Å²) in [6.45, 7) is 18.0. The van der Waals surface area contributed by atoms with Crippen molar-refractivity contribution in [1.29, 1.82) is 0 Å². The fourth-order valence-corrected chi connectivity index (χ4v) is 7.68. The smallest absolute Gasteiger partial charge is 0.191 e. The van der Waals surface area contributed by atoms with E-state index < -0.39 is 0 Å². The fraction of sp³-hybridized carbons (Fsp3) is 0.237. The molecule has 0 bridgehead atoms.